The molecular weight excluding hydrogens is 374 g/mol. The number of anilines is 1. The fourth-order valence-corrected chi connectivity index (χ4v) is 3.00. The van der Waals surface area contributed by atoms with Crippen LogP contribution in [-0.2, 0) is 4.79 Å². The van der Waals surface area contributed by atoms with Gasteiger partial charge < -0.3 is 14.5 Å². The zero-order valence-corrected chi connectivity index (χ0v) is 16.4. The number of amides is 1. The minimum Gasteiger partial charge on any atom is -0.471 e. The number of hydrogen-bond donors (Lipinski definition) is 0. The number of carbonyl (C=O) groups is 1. The average molecular weight is 397 g/mol. The molecule has 1 atom stereocenters. The van der Waals surface area contributed by atoms with Gasteiger partial charge in [-0.2, -0.15) is 0 Å². The quantitative estimate of drug-likeness (QED) is 0.419. The number of benzene rings is 1. The average Bonchev–Trinajstić information content (AvgIpc) is 2.73. The Labute approximate surface area is 168 Å². The summed E-state index contributed by atoms with van der Waals surface area (Å²) in [6.07, 6.45) is 4.68. The second-order valence-electron chi connectivity index (χ2n) is 6.97. The van der Waals surface area contributed by atoms with Gasteiger partial charge in [-0.25, -0.2) is 0 Å². The van der Waals surface area contributed by atoms with Gasteiger partial charge in [0.1, 0.15) is 6.10 Å². The highest BCUT2D eigenvalue weighted by Gasteiger charge is 2.24. The third-order valence-corrected chi connectivity index (χ3v) is 4.58. The fraction of sp³-hybridized carbons (Fsp3) is 0.350. The maximum atomic E-state index is 12.5. The normalized spacial score (nSPS) is 16.6. The molecule has 2 aromatic rings. The van der Waals surface area contributed by atoms with Crippen LogP contribution in [0.5, 0.6) is 5.88 Å². The van der Waals surface area contributed by atoms with Crippen molar-refractivity contribution < 1.29 is 14.5 Å². The third kappa shape index (κ3) is 5.50. The van der Waals surface area contributed by atoms with Crippen molar-refractivity contribution in [1.29, 1.82) is 0 Å². The van der Waals surface area contributed by atoms with Gasteiger partial charge in [0, 0.05) is 44.9 Å². The number of rotatable bonds is 6. The summed E-state index contributed by atoms with van der Waals surface area (Å²) in [6, 6.07) is 9.66. The van der Waals surface area contributed by atoms with E-state index in [9.17, 15) is 14.9 Å². The molecule has 2 heterocycles. The first-order valence-electron chi connectivity index (χ1n) is 9.31. The molecule has 1 fully saturated rings. The first-order chi connectivity index (χ1) is 13.9. The van der Waals surface area contributed by atoms with Crippen LogP contribution < -0.4 is 9.64 Å². The number of aromatic nitrogens is 2. The van der Waals surface area contributed by atoms with Crippen molar-refractivity contribution in [2.75, 3.05) is 32.1 Å². The number of piperidine rings is 1. The van der Waals surface area contributed by atoms with Gasteiger partial charge in [-0.1, -0.05) is 0 Å². The first-order valence-corrected chi connectivity index (χ1v) is 9.31. The lowest BCUT2D eigenvalue weighted by atomic mass is 10.1. The molecule has 0 spiro atoms. The van der Waals surface area contributed by atoms with Crippen LogP contribution in [0, 0.1) is 10.1 Å². The highest BCUT2D eigenvalue weighted by atomic mass is 16.6. The highest BCUT2D eigenvalue weighted by molar-refractivity contribution is 5.91. The topological polar surface area (TPSA) is 102 Å². The lowest BCUT2D eigenvalue weighted by Crippen LogP contribution is -2.43. The number of nitrogens with zero attached hydrogens (tertiary/aromatic N) is 5. The summed E-state index contributed by atoms with van der Waals surface area (Å²) in [7, 11) is 3.78. The minimum atomic E-state index is -0.453. The molecule has 3 rings (SSSR count). The Kier molecular flexibility index (Phi) is 6.38. The van der Waals surface area contributed by atoms with Gasteiger partial charge in [-0.3, -0.25) is 14.9 Å². The number of nitro benzene ring substituents is 1. The van der Waals surface area contributed by atoms with Crippen molar-refractivity contribution in [3.05, 3.63) is 58.2 Å². The molecule has 1 saturated heterocycles. The molecule has 9 nitrogen and oxygen atoms in total. The summed E-state index contributed by atoms with van der Waals surface area (Å²) < 4.78 is 5.89. The number of carbonyl (C=O) groups excluding carboxylic acids is 1. The summed E-state index contributed by atoms with van der Waals surface area (Å²) in [5.41, 5.74) is 0.747. The van der Waals surface area contributed by atoms with Crippen molar-refractivity contribution in [3.63, 3.8) is 0 Å². The standard InChI is InChI=1S/C20H23N5O4/c1-23(2)18-10-11-19(22-21-18)29-17-4-3-13-24(14-17)20(26)12-7-15-5-8-16(9-6-15)25(27)28/h5-12,17H,3-4,13-14H2,1-2H3/b12-7+. The molecule has 1 aliphatic rings. The smallest absolute Gasteiger partial charge is 0.269 e. The molecule has 152 valence electrons. The summed E-state index contributed by atoms with van der Waals surface area (Å²) in [4.78, 5) is 26.3. The second kappa shape index (κ2) is 9.13. The van der Waals surface area contributed by atoms with Crippen LogP contribution >= 0.6 is 0 Å². The van der Waals surface area contributed by atoms with Crippen molar-refractivity contribution >= 4 is 23.5 Å². The van der Waals surface area contributed by atoms with Gasteiger partial charge >= 0.3 is 0 Å². The number of ether oxygens (including phenoxy) is 1. The number of likely N-dealkylation sites (tertiary alicyclic amines) is 1. The molecule has 0 bridgehead atoms. The molecule has 9 heteroatoms. The summed E-state index contributed by atoms with van der Waals surface area (Å²) in [5, 5.41) is 18.9. The maximum absolute atomic E-state index is 12.5. The molecule has 1 aromatic carbocycles. The molecule has 1 unspecified atom stereocenters. The van der Waals surface area contributed by atoms with Crippen molar-refractivity contribution in [1.82, 2.24) is 15.1 Å². The minimum absolute atomic E-state index is 0.0196. The molecular formula is C20H23N5O4. The molecule has 1 aromatic heterocycles. The third-order valence-electron chi connectivity index (χ3n) is 4.58. The van der Waals surface area contributed by atoms with E-state index in [0.29, 0.717) is 19.0 Å². The zero-order chi connectivity index (χ0) is 20.8. The maximum Gasteiger partial charge on any atom is 0.269 e. The van der Waals surface area contributed by atoms with Crippen LogP contribution in [0.15, 0.2) is 42.5 Å². The Morgan fingerprint density at radius 3 is 2.62 bits per heavy atom. The molecule has 0 saturated carbocycles. The van der Waals surface area contributed by atoms with Gasteiger partial charge in [-0.15, -0.1) is 10.2 Å². The SMILES string of the molecule is CN(C)c1ccc(OC2CCCN(C(=O)/C=C/c3ccc([N+](=O)[O-])cc3)C2)nn1. The zero-order valence-electron chi connectivity index (χ0n) is 16.4. The monoisotopic (exact) mass is 397 g/mol. The van der Waals surface area contributed by atoms with Gasteiger partial charge in [0.05, 0.1) is 11.5 Å². The number of hydrogen-bond acceptors (Lipinski definition) is 7. The molecule has 0 aliphatic carbocycles. The van der Waals surface area contributed by atoms with Gasteiger partial charge in [0.15, 0.2) is 5.82 Å². The van der Waals surface area contributed by atoms with Crippen molar-refractivity contribution in [2.24, 2.45) is 0 Å². The Morgan fingerprint density at radius 2 is 2.00 bits per heavy atom. The van der Waals surface area contributed by atoms with E-state index in [1.165, 1.54) is 18.2 Å². The summed E-state index contributed by atoms with van der Waals surface area (Å²) in [5.74, 6) is 1.07. The fourth-order valence-electron chi connectivity index (χ4n) is 3.00. The van der Waals surface area contributed by atoms with Crippen LogP contribution in [-0.4, -0.2) is 59.2 Å². The molecule has 0 radical (unpaired) electrons. The van der Waals surface area contributed by atoms with Crippen LogP contribution in [0.1, 0.15) is 18.4 Å². The Bertz CT molecular complexity index is 881. The predicted octanol–water partition coefficient (Wildman–Crippen LogP) is 2.53. The Hall–Kier alpha value is -3.49. The number of nitro groups is 1. The molecule has 1 amide bonds. The number of non-ortho nitro benzene ring substituents is 1. The predicted molar refractivity (Wildman–Crippen MR) is 109 cm³/mol. The van der Waals surface area contributed by atoms with Crippen molar-refractivity contribution in [2.45, 2.75) is 18.9 Å². The first kappa shape index (κ1) is 20.2. The van der Waals surface area contributed by atoms with E-state index in [4.69, 9.17) is 4.74 Å². The largest absolute Gasteiger partial charge is 0.471 e. The lowest BCUT2D eigenvalue weighted by molar-refractivity contribution is -0.384. The summed E-state index contributed by atoms with van der Waals surface area (Å²) in [6.45, 7) is 1.13. The van der Waals surface area contributed by atoms with E-state index >= 15 is 0 Å². The molecule has 29 heavy (non-hydrogen) atoms. The highest BCUT2D eigenvalue weighted by Crippen LogP contribution is 2.18. The molecule has 0 N–H and O–H groups in total. The van der Waals surface area contributed by atoms with E-state index in [1.54, 1.807) is 29.2 Å². The second-order valence-corrected chi connectivity index (χ2v) is 6.97. The van der Waals surface area contributed by atoms with Crippen LogP contribution in [0.2, 0.25) is 0 Å². The van der Waals surface area contributed by atoms with E-state index in [1.807, 2.05) is 25.1 Å². The Morgan fingerprint density at radius 1 is 1.24 bits per heavy atom. The van der Waals surface area contributed by atoms with E-state index in [2.05, 4.69) is 10.2 Å². The Balaban J connectivity index is 1.56. The van der Waals surface area contributed by atoms with Crippen LogP contribution in [0.3, 0.4) is 0 Å². The van der Waals surface area contributed by atoms with Crippen molar-refractivity contribution in [3.8, 4) is 5.88 Å². The summed E-state index contributed by atoms with van der Waals surface area (Å²) >= 11 is 0. The lowest BCUT2D eigenvalue weighted by Gasteiger charge is -2.31. The van der Waals surface area contributed by atoms with Gasteiger partial charge in [0.2, 0.25) is 11.8 Å². The van der Waals surface area contributed by atoms with E-state index < -0.39 is 4.92 Å². The van der Waals surface area contributed by atoms with E-state index in [-0.39, 0.29) is 17.7 Å². The molecule has 1 aliphatic heterocycles. The van der Waals surface area contributed by atoms with Crippen LogP contribution in [0.4, 0.5) is 11.5 Å². The van der Waals surface area contributed by atoms with Crippen LogP contribution in [0.25, 0.3) is 6.08 Å². The van der Waals surface area contributed by atoms with Gasteiger partial charge in [-0.05, 0) is 42.7 Å². The van der Waals surface area contributed by atoms with E-state index in [0.717, 1.165) is 24.2 Å². The van der Waals surface area contributed by atoms with Gasteiger partial charge in [0.25, 0.3) is 5.69 Å².